The van der Waals surface area contributed by atoms with Crippen molar-refractivity contribution in [2.75, 3.05) is 12.4 Å². The van der Waals surface area contributed by atoms with Gasteiger partial charge in [0.1, 0.15) is 16.8 Å². The Morgan fingerprint density at radius 3 is 2.56 bits per heavy atom. The van der Waals surface area contributed by atoms with E-state index in [-0.39, 0.29) is 17.9 Å². The van der Waals surface area contributed by atoms with Crippen LogP contribution in [0.1, 0.15) is 29.5 Å². The van der Waals surface area contributed by atoms with E-state index in [4.69, 9.17) is 4.74 Å². The molecule has 1 aliphatic rings. The van der Waals surface area contributed by atoms with Gasteiger partial charge in [-0.15, -0.1) is 10.2 Å². The van der Waals surface area contributed by atoms with Crippen molar-refractivity contribution in [3.63, 3.8) is 0 Å². The number of benzene rings is 2. The van der Waals surface area contributed by atoms with Gasteiger partial charge in [-0.2, -0.15) is 4.31 Å². The number of nitrogens with zero attached hydrogens (tertiary/aromatic N) is 3. The molecule has 4 rings (SSSR count). The molecule has 10 heteroatoms. The fourth-order valence-corrected chi connectivity index (χ4v) is 6.08. The van der Waals surface area contributed by atoms with Crippen LogP contribution < -0.4 is 10.1 Å². The van der Waals surface area contributed by atoms with Gasteiger partial charge in [0.2, 0.25) is 21.1 Å². The maximum atomic E-state index is 13.5. The quantitative estimate of drug-likeness (QED) is 0.566. The normalized spacial score (nSPS) is 16.4. The topological polar surface area (TPSA) is 101 Å². The molecule has 1 aromatic heterocycles. The van der Waals surface area contributed by atoms with E-state index in [2.05, 4.69) is 15.5 Å². The molecular weight excluding hydrogens is 448 g/mol. The van der Waals surface area contributed by atoms with E-state index in [0.717, 1.165) is 29.0 Å². The van der Waals surface area contributed by atoms with Gasteiger partial charge in [-0.1, -0.05) is 42.5 Å². The highest BCUT2D eigenvalue weighted by Crippen LogP contribution is 2.30. The molecule has 1 atom stereocenters. The van der Waals surface area contributed by atoms with Gasteiger partial charge in [0, 0.05) is 13.0 Å². The van der Waals surface area contributed by atoms with Crippen molar-refractivity contribution in [2.24, 2.45) is 0 Å². The lowest BCUT2D eigenvalue weighted by Gasteiger charge is -2.34. The van der Waals surface area contributed by atoms with Crippen LogP contribution in [0.3, 0.4) is 0 Å². The maximum absolute atomic E-state index is 13.5. The van der Waals surface area contributed by atoms with Crippen LogP contribution in [0.2, 0.25) is 0 Å². The average molecular weight is 473 g/mol. The highest BCUT2D eigenvalue weighted by molar-refractivity contribution is 7.89. The van der Waals surface area contributed by atoms with Gasteiger partial charge >= 0.3 is 0 Å². The van der Waals surface area contributed by atoms with Gasteiger partial charge in [-0.3, -0.25) is 10.1 Å². The summed E-state index contributed by atoms with van der Waals surface area (Å²) in [5.74, 6) is 0.136. The van der Waals surface area contributed by atoms with Gasteiger partial charge in [0.15, 0.2) is 0 Å². The zero-order valence-corrected chi connectivity index (χ0v) is 19.4. The van der Waals surface area contributed by atoms with Crippen molar-refractivity contribution in [2.45, 2.75) is 43.7 Å². The minimum atomic E-state index is -3.94. The number of hydrogen-bond donors (Lipinski definition) is 1. The second kappa shape index (κ2) is 9.35. The summed E-state index contributed by atoms with van der Waals surface area (Å²) in [5.41, 5.74) is 1.84. The molecule has 1 unspecified atom stereocenters. The first-order valence-electron chi connectivity index (χ1n) is 10.3. The van der Waals surface area contributed by atoms with Gasteiger partial charge in [-0.25, -0.2) is 8.42 Å². The molecule has 0 bridgehead atoms. The summed E-state index contributed by atoms with van der Waals surface area (Å²) in [6, 6.07) is 12.8. The Bertz CT molecular complexity index is 1210. The summed E-state index contributed by atoms with van der Waals surface area (Å²) >= 11 is 1.31. The van der Waals surface area contributed by atoms with Crippen LogP contribution in [0.25, 0.3) is 0 Å². The Balaban J connectivity index is 1.66. The average Bonchev–Trinajstić information content (AvgIpc) is 3.25. The number of nitrogens with one attached hydrogen (secondary N) is 1. The van der Waals surface area contributed by atoms with Crippen LogP contribution in [-0.2, 0) is 34.2 Å². The van der Waals surface area contributed by atoms with E-state index < -0.39 is 22.0 Å². The zero-order valence-electron chi connectivity index (χ0n) is 17.8. The molecule has 8 nitrogen and oxygen atoms in total. The fourth-order valence-electron chi connectivity index (χ4n) is 3.67. The second-order valence-corrected chi connectivity index (χ2v) is 10.4. The van der Waals surface area contributed by atoms with Crippen LogP contribution in [0.15, 0.2) is 53.4 Å². The summed E-state index contributed by atoms with van der Waals surface area (Å²) < 4.78 is 33.5. The molecule has 0 spiro atoms. The van der Waals surface area contributed by atoms with Gasteiger partial charge in [-0.05, 0) is 48.2 Å². The number of carbonyl (C=O) groups is 1. The van der Waals surface area contributed by atoms with Crippen LogP contribution in [-0.4, -0.2) is 42.0 Å². The molecule has 1 N–H and O–H groups in total. The van der Waals surface area contributed by atoms with E-state index in [1.807, 2.05) is 31.2 Å². The molecule has 0 saturated heterocycles. The molecule has 0 aliphatic carbocycles. The number of rotatable bonds is 7. The molecule has 0 fully saturated rings. The number of aryl methyl sites for hydroxylation is 1. The molecular formula is C22H24N4O4S2. The molecule has 2 aromatic carbocycles. The van der Waals surface area contributed by atoms with E-state index in [1.165, 1.54) is 34.9 Å². The lowest BCUT2D eigenvalue weighted by Crippen LogP contribution is -2.50. The number of carbonyl (C=O) groups excluding carboxylic acids is 1. The van der Waals surface area contributed by atoms with Crippen LogP contribution in [0.5, 0.6) is 5.75 Å². The number of methoxy groups -OCH3 is 1. The number of hydrogen-bond acceptors (Lipinski definition) is 7. The minimum absolute atomic E-state index is 0.108. The van der Waals surface area contributed by atoms with E-state index in [0.29, 0.717) is 10.9 Å². The smallest absolute Gasteiger partial charge is 0.245 e. The number of anilines is 1. The third-order valence-corrected chi connectivity index (χ3v) is 8.10. The fraction of sp³-hybridized carbons (Fsp3) is 0.318. The molecule has 0 radical (unpaired) electrons. The van der Waals surface area contributed by atoms with Crippen molar-refractivity contribution in [1.29, 1.82) is 0 Å². The number of ether oxygens (including phenoxy) is 1. The molecule has 3 aromatic rings. The number of sulfonamides is 1. The Morgan fingerprint density at radius 1 is 1.16 bits per heavy atom. The highest BCUT2D eigenvalue weighted by Gasteiger charge is 2.39. The minimum Gasteiger partial charge on any atom is -0.497 e. The van der Waals surface area contributed by atoms with Crippen LogP contribution in [0, 0.1) is 0 Å². The predicted octanol–water partition coefficient (Wildman–Crippen LogP) is 3.25. The SMILES string of the molecule is CCCc1nnc(NC(=O)C2Cc3ccccc3CN2S(=O)(=O)c2ccc(OC)cc2)s1. The lowest BCUT2D eigenvalue weighted by molar-refractivity contribution is -0.120. The molecule has 1 aliphatic heterocycles. The van der Waals surface area contributed by atoms with Crippen LogP contribution in [0.4, 0.5) is 5.13 Å². The first-order valence-corrected chi connectivity index (χ1v) is 12.5. The molecule has 0 saturated carbocycles. The van der Waals surface area contributed by atoms with E-state index in [1.54, 1.807) is 12.1 Å². The summed E-state index contributed by atoms with van der Waals surface area (Å²) in [5, 5.41) is 12.1. The number of fused-ring (bicyclic) bond motifs is 1. The van der Waals surface area contributed by atoms with Crippen molar-refractivity contribution in [3.8, 4) is 5.75 Å². The summed E-state index contributed by atoms with van der Waals surface area (Å²) in [6.07, 6.45) is 1.98. The van der Waals surface area contributed by atoms with Crippen molar-refractivity contribution >= 4 is 32.4 Å². The monoisotopic (exact) mass is 472 g/mol. The Morgan fingerprint density at radius 2 is 1.88 bits per heavy atom. The third kappa shape index (κ3) is 4.52. The molecule has 1 amide bonds. The van der Waals surface area contributed by atoms with Crippen molar-refractivity contribution in [1.82, 2.24) is 14.5 Å². The van der Waals surface area contributed by atoms with Gasteiger partial charge in [0.05, 0.1) is 12.0 Å². The standard InChI is InChI=1S/C22H24N4O4S2/c1-3-6-20-24-25-22(31-20)23-21(27)19-13-15-7-4-5-8-16(15)14-26(19)32(28,29)18-11-9-17(30-2)10-12-18/h4-5,7-12,19H,3,6,13-14H2,1-2H3,(H,23,25,27). The third-order valence-electron chi connectivity index (χ3n) is 5.33. The van der Waals surface area contributed by atoms with E-state index >= 15 is 0 Å². The number of amides is 1. The Labute approximate surface area is 191 Å². The highest BCUT2D eigenvalue weighted by atomic mass is 32.2. The summed E-state index contributed by atoms with van der Waals surface area (Å²) in [6.45, 7) is 2.15. The van der Waals surface area contributed by atoms with Crippen molar-refractivity contribution in [3.05, 3.63) is 64.7 Å². The predicted molar refractivity (Wildman–Crippen MR) is 122 cm³/mol. The van der Waals surface area contributed by atoms with E-state index in [9.17, 15) is 13.2 Å². The Kier molecular flexibility index (Phi) is 6.54. The first-order chi connectivity index (χ1) is 15.4. The zero-order chi connectivity index (χ0) is 22.7. The van der Waals surface area contributed by atoms with Gasteiger partial charge < -0.3 is 4.74 Å². The Hall–Kier alpha value is -2.82. The molecule has 168 valence electrons. The summed E-state index contributed by atoms with van der Waals surface area (Å²) in [4.78, 5) is 13.3. The maximum Gasteiger partial charge on any atom is 0.245 e. The lowest BCUT2D eigenvalue weighted by atomic mass is 9.95. The molecule has 32 heavy (non-hydrogen) atoms. The largest absolute Gasteiger partial charge is 0.497 e. The summed E-state index contributed by atoms with van der Waals surface area (Å²) in [7, 11) is -2.42. The second-order valence-electron chi connectivity index (χ2n) is 7.45. The number of aromatic nitrogens is 2. The first kappa shape index (κ1) is 22.4. The molecule has 2 heterocycles. The van der Waals surface area contributed by atoms with Crippen molar-refractivity contribution < 1.29 is 17.9 Å². The van der Waals surface area contributed by atoms with Crippen LogP contribution >= 0.6 is 11.3 Å². The van der Waals surface area contributed by atoms with Gasteiger partial charge in [0.25, 0.3) is 0 Å².